The summed E-state index contributed by atoms with van der Waals surface area (Å²) in [6.45, 7) is 4.48. The first-order valence-electron chi connectivity index (χ1n) is 9.25. The summed E-state index contributed by atoms with van der Waals surface area (Å²) in [4.78, 5) is 13.1. The van der Waals surface area contributed by atoms with Gasteiger partial charge in [0.2, 0.25) is 0 Å². The van der Waals surface area contributed by atoms with Gasteiger partial charge in [-0.05, 0) is 68.1 Å². The van der Waals surface area contributed by atoms with Gasteiger partial charge in [-0.2, -0.15) is 0 Å². The van der Waals surface area contributed by atoms with Crippen molar-refractivity contribution >= 4 is 5.78 Å². The van der Waals surface area contributed by atoms with E-state index in [9.17, 15) is 15.0 Å². The molecule has 0 aromatic carbocycles. The topological polar surface area (TPSA) is 57.5 Å². The standard InChI is InChI=1S/C19H30O3/c1-18-8-7-12(20)9-11(18)3-4-13-14-5-6-16(22)19(14,2)10-15(21)17(13)18/h11-14,16-17,20,22H,3-10H2,1-2H3/t11-,12+,13-,14-,16+,17+,18-,19-/m0/s1. The fourth-order valence-corrected chi connectivity index (χ4v) is 7.03. The zero-order valence-corrected chi connectivity index (χ0v) is 13.9. The SMILES string of the molecule is C[C@]12CC[C@@H](O)C[C@@H]1CC[C@H]1[C@@H]3CC[C@@H](O)[C@@]3(C)CC(=O)[C@@H]12. The van der Waals surface area contributed by atoms with Gasteiger partial charge < -0.3 is 10.2 Å². The molecule has 0 amide bonds. The first kappa shape index (κ1) is 15.1. The smallest absolute Gasteiger partial charge is 0.137 e. The molecule has 124 valence electrons. The van der Waals surface area contributed by atoms with Gasteiger partial charge in [0, 0.05) is 17.8 Å². The number of hydrogen-bond acceptors (Lipinski definition) is 3. The normalized spacial score (nSPS) is 57.9. The molecule has 4 aliphatic carbocycles. The van der Waals surface area contributed by atoms with E-state index < -0.39 is 0 Å². The molecule has 0 saturated heterocycles. The number of aliphatic hydroxyl groups is 2. The lowest BCUT2D eigenvalue weighted by Gasteiger charge is -2.59. The quantitative estimate of drug-likeness (QED) is 0.723. The maximum atomic E-state index is 13.1. The monoisotopic (exact) mass is 306 g/mol. The van der Waals surface area contributed by atoms with Crippen LogP contribution >= 0.6 is 0 Å². The van der Waals surface area contributed by atoms with Gasteiger partial charge in [0.25, 0.3) is 0 Å². The highest BCUT2D eigenvalue weighted by Crippen LogP contribution is 2.65. The van der Waals surface area contributed by atoms with Crippen LogP contribution in [0, 0.1) is 34.5 Å². The summed E-state index contributed by atoms with van der Waals surface area (Å²) in [6.07, 6.45) is 7.11. The minimum Gasteiger partial charge on any atom is -0.393 e. The van der Waals surface area contributed by atoms with Crippen LogP contribution in [0.5, 0.6) is 0 Å². The summed E-state index contributed by atoms with van der Waals surface area (Å²) in [7, 11) is 0. The third-order valence-electron chi connectivity index (χ3n) is 8.27. The van der Waals surface area contributed by atoms with E-state index in [4.69, 9.17) is 0 Å². The fourth-order valence-electron chi connectivity index (χ4n) is 7.03. The minimum absolute atomic E-state index is 0.0914. The van der Waals surface area contributed by atoms with Crippen LogP contribution in [0.15, 0.2) is 0 Å². The maximum Gasteiger partial charge on any atom is 0.137 e. The van der Waals surface area contributed by atoms with Gasteiger partial charge in [0.1, 0.15) is 5.78 Å². The van der Waals surface area contributed by atoms with E-state index in [0.29, 0.717) is 30.0 Å². The van der Waals surface area contributed by atoms with E-state index in [2.05, 4.69) is 13.8 Å². The van der Waals surface area contributed by atoms with E-state index >= 15 is 0 Å². The van der Waals surface area contributed by atoms with Crippen molar-refractivity contribution in [1.29, 1.82) is 0 Å². The van der Waals surface area contributed by atoms with Crippen molar-refractivity contribution in [2.45, 2.75) is 77.4 Å². The molecule has 0 aliphatic heterocycles. The Hall–Kier alpha value is -0.410. The Labute approximate surface area is 133 Å². The fraction of sp³-hybridized carbons (Fsp3) is 0.947. The molecule has 0 aromatic heterocycles. The summed E-state index contributed by atoms with van der Waals surface area (Å²) >= 11 is 0. The molecule has 4 fully saturated rings. The molecule has 0 unspecified atom stereocenters. The van der Waals surface area contributed by atoms with Crippen LogP contribution in [0.4, 0.5) is 0 Å². The van der Waals surface area contributed by atoms with Crippen LogP contribution in [0.3, 0.4) is 0 Å². The highest BCUT2D eigenvalue weighted by molar-refractivity contribution is 5.84. The molecule has 4 saturated carbocycles. The number of hydrogen-bond donors (Lipinski definition) is 2. The third-order valence-corrected chi connectivity index (χ3v) is 8.27. The molecule has 0 bridgehead atoms. The lowest BCUT2D eigenvalue weighted by atomic mass is 9.45. The minimum atomic E-state index is -0.291. The van der Waals surface area contributed by atoms with Gasteiger partial charge >= 0.3 is 0 Å². The predicted octanol–water partition coefficient (Wildman–Crippen LogP) is 2.93. The van der Waals surface area contributed by atoms with Gasteiger partial charge in [0.15, 0.2) is 0 Å². The van der Waals surface area contributed by atoms with E-state index in [0.717, 1.165) is 44.9 Å². The average molecular weight is 306 g/mol. The van der Waals surface area contributed by atoms with Crippen molar-refractivity contribution in [3.63, 3.8) is 0 Å². The second-order valence-corrected chi connectivity index (χ2v) is 9.20. The van der Waals surface area contributed by atoms with Crippen LogP contribution in [0.2, 0.25) is 0 Å². The van der Waals surface area contributed by atoms with Crippen LogP contribution in [-0.4, -0.2) is 28.2 Å². The Morgan fingerprint density at radius 1 is 1.00 bits per heavy atom. The number of fused-ring (bicyclic) bond motifs is 5. The van der Waals surface area contributed by atoms with Crippen molar-refractivity contribution in [2.24, 2.45) is 34.5 Å². The molecule has 3 heteroatoms. The van der Waals surface area contributed by atoms with Gasteiger partial charge in [0.05, 0.1) is 12.2 Å². The lowest BCUT2D eigenvalue weighted by Crippen LogP contribution is -2.58. The summed E-state index contributed by atoms with van der Waals surface area (Å²) in [6, 6.07) is 0. The number of aliphatic hydroxyl groups excluding tert-OH is 2. The molecule has 0 aromatic rings. The van der Waals surface area contributed by atoms with Gasteiger partial charge in [-0.3, -0.25) is 4.79 Å². The number of Topliss-reactive ketones (excluding diaryl/α,β-unsaturated/α-hetero) is 1. The Balaban J connectivity index is 1.69. The Morgan fingerprint density at radius 3 is 2.55 bits per heavy atom. The number of carbonyl (C=O) groups excluding carboxylic acids is 1. The first-order chi connectivity index (χ1) is 10.4. The molecular weight excluding hydrogens is 276 g/mol. The molecule has 2 N–H and O–H groups in total. The molecule has 0 radical (unpaired) electrons. The van der Waals surface area contributed by atoms with E-state index in [1.165, 1.54) is 0 Å². The van der Waals surface area contributed by atoms with E-state index in [-0.39, 0.29) is 29.0 Å². The summed E-state index contributed by atoms with van der Waals surface area (Å²) < 4.78 is 0. The molecule has 8 atom stereocenters. The van der Waals surface area contributed by atoms with Crippen LogP contribution < -0.4 is 0 Å². The zero-order chi connectivity index (χ0) is 15.7. The number of ketones is 1. The lowest BCUT2D eigenvalue weighted by molar-refractivity contribution is -0.164. The highest BCUT2D eigenvalue weighted by Gasteiger charge is 2.63. The second kappa shape index (κ2) is 4.80. The predicted molar refractivity (Wildman–Crippen MR) is 84.1 cm³/mol. The number of rotatable bonds is 0. The Bertz CT molecular complexity index is 489. The van der Waals surface area contributed by atoms with Crippen molar-refractivity contribution in [3.05, 3.63) is 0 Å². The third kappa shape index (κ3) is 1.84. The first-order valence-corrected chi connectivity index (χ1v) is 9.25. The molecule has 4 rings (SSSR count). The Kier molecular flexibility index (Phi) is 3.30. The maximum absolute atomic E-state index is 13.1. The highest BCUT2D eigenvalue weighted by atomic mass is 16.3. The molecule has 4 aliphatic rings. The van der Waals surface area contributed by atoms with Crippen molar-refractivity contribution in [3.8, 4) is 0 Å². The summed E-state index contributed by atoms with van der Waals surface area (Å²) in [5.74, 6) is 2.10. The summed E-state index contributed by atoms with van der Waals surface area (Å²) in [5.41, 5.74) is -0.0796. The van der Waals surface area contributed by atoms with Crippen LogP contribution in [0.1, 0.15) is 65.2 Å². The van der Waals surface area contributed by atoms with Gasteiger partial charge in [-0.1, -0.05) is 13.8 Å². The van der Waals surface area contributed by atoms with Crippen LogP contribution in [0.25, 0.3) is 0 Å². The molecule has 22 heavy (non-hydrogen) atoms. The van der Waals surface area contributed by atoms with Crippen molar-refractivity contribution in [2.75, 3.05) is 0 Å². The summed E-state index contributed by atoms with van der Waals surface area (Å²) in [5, 5.41) is 20.5. The average Bonchev–Trinajstić information content (AvgIpc) is 2.75. The van der Waals surface area contributed by atoms with Crippen LogP contribution in [-0.2, 0) is 4.79 Å². The van der Waals surface area contributed by atoms with E-state index in [1.54, 1.807) is 0 Å². The Morgan fingerprint density at radius 2 is 1.77 bits per heavy atom. The van der Waals surface area contributed by atoms with Crippen molar-refractivity contribution < 1.29 is 15.0 Å². The zero-order valence-electron chi connectivity index (χ0n) is 13.9. The van der Waals surface area contributed by atoms with Gasteiger partial charge in [-0.15, -0.1) is 0 Å². The second-order valence-electron chi connectivity index (χ2n) is 9.20. The molecule has 0 heterocycles. The number of carbonyl (C=O) groups is 1. The van der Waals surface area contributed by atoms with E-state index in [1.807, 2.05) is 0 Å². The largest absolute Gasteiger partial charge is 0.393 e. The molecular formula is C19H30O3. The van der Waals surface area contributed by atoms with Gasteiger partial charge in [-0.25, -0.2) is 0 Å². The molecule has 3 nitrogen and oxygen atoms in total. The molecule has 0 spiro atoms. The van der Waals surface area contributed by atoms with Crippen molar-refractivity contribution in [1.82, 2.24) is 0 Å².